The number of hydrogen-bond acceptors (Lipinski definition) is 5. The van der Waals surface area contributed by atoms with Crippen LogP contribution in [0, 0.1) is 13.8 Å². The smallest absolute Gasteiger partial charge is 0.339 e. The first-order chi connectivity index (χ1) is 7.40. The predicted octanol–water partition coefficient (Wildman–Crippen LogP) is 0.921. The van der Waals surface area contributed by atoms with Crippen molar-refractivity contribution in [1.82, 2.24) is 0 Å². The molecule has 3 N–H and O–H groups in total. The summed E-state index contributed by atoms with van der Waals surface area (Å²) in [6.45, 7) is 3.22. The van der Waals surface area contributed by atoms with Gasteiger partial charge in [0.1, 0.15) is 0 Å². The fraction of sp³-hybridized carbons (Fsp3) is 0.364. The molecule has 0 radical (unpaired) electrons. The van der Waals surface area contributed by atoms with E-state index in [9.17, 15) is 20.1 Å². The highest BCUT2D eigenvalue weighted by Crippen LogP contribution is 2.35. The van der Waals surface area contributed by atoms with Crippen LogP contribution in [0.4, 0.5) is 0 Å². The van der Waals surface area contributed by atoms with Crippen LogP contribution in [0.3, 0.4) is 0 Å². The first-order valence-corrected chi connectivity index (χ1v) is 4.68. The number of aliphatic hydroxyl groups is 1. The summed E-state index contributed by atoms with van der Waals surface area (Å²) in [6.07, 6.45) is -1.46. The summed E-state index contributed by atoms with van der Waals surface area (Å²) >= 11 is 0. The maximum absolute atomic E-state index is 11.2. The molecule has 1 rings (SSSR count). The highest BCUT2D eigenvalue weighted by atomic mass is 16.5. The molecule has 1 aromatic carbocycles. The number of hydrogen-bond donors (Lipinski definition) is 3. The van der Waals surface area contributed by atoms with Crippen LogP contribution >= 0.6 is 0 Å². The molecule has 1 aromatic rings. The van der Waals surface area contributed by atoms with E-state index in [4.69, 9.17) is 0 Å². The van der Waals surface area contributed by atoms with Gasteiger partial charge >= 0.3 is 5.97 Å². The molecule has 5 heteroatoms. The summed E-state index contributed by atoms with van der Waals surface area (Å²) in [5, 5.41) is 28.5. The van der Waals surface area contributed by atoms with E-state index in [1.54, 1.807) is 13.8 Å². The van der Waals surface area contributed by atoms with E-state index in [1.807, 2.05) is 0 Å². The first-order valence-electron chi connectivity index (χ1n) is 4.68. The fourth-order valence-electron chi connectivity index (χ4n) is 1.43. The zero-order chi connectivity index (χ0) is 12.5. The van der Waals surface area contributed by atoms with E-state index in [2.05, 4.69) is 4.74 Å². The average molecular weight is 226 g/mol. The maximum Gasteiger partial charge on any atom is 0.339 e. The van der Waals surface area contributed by atoms with E-state index in [0.717, 1.165) is 13.2 Å². The van der Waals surface area contributed by atoms with Crippen molar-refractivity contribution in [2.75, 3.05) is 7.11 Å². The van der Waals surface area contributed by atoms with Gasteiger partial charge in [0.15, 0.2) is 17.6 Å². The second-order valence-corrected chi connectivity index (χ2v) is 3.51. The van der Waals surface area contributed by atoms with Gasteiger partial charge < -0.3 is 20.1 Å². The number of esters is 1. The van der Waals surface area contributed by atoms with Crippen molar-refractivity contribution in [3.63, 3.8) is 0 Å². The molecule has 0 aliphatic heterocycles. The number of carbonyl (C=O) groups excluding carboxylic acids is 1. The van der Waals surface area contributed by atoms with E-state index in [0.29, 0.717) is 11.1 Å². The van der Waals surface area contributed by atoms with Crippen LogP contribution in [0.2, 0.25) is 0 Å². The van der Waals surface area contributed by atoms with Gasteiger partial charge in [0.2, 0.25) is 0 Å². The monoisotopic (exact) mass is 226 g/mol. The van der Waals surface area contributed by atoms with Crippen molar-refractivity contribution in [2.24, 2.45) is 0 Å². The highest BCUT2D eigenvalue weighted by molar-refractivity contribution is 5.77. The average Bonchev–Trinajstić information content (AvgIpc) is 2.29. The quantitative estimate of drug-likeness (QED) is 0.515. The van der Waals surface area contributed by atoms with Crippen molar-refractivity contribution in [3.8, 4) is 11.5 Å². The Labute approximate surface area is 92.9 Å². The van der Waals surface area contributed by atoms with Crippen molar-refractivity contribution in [3.05, 3.63) is 22.8 Å². The molecule has 0 spiro atoms. The third-order valence-corrected chi connectivity index (χ3v) is 2.60. The molecule has 1 atom stereocenters. The molecule has 88 valence electrons. The van der Waals surface area contributed by atoms with Gasteiger partial charge in [-0.1, -0.05) is 0 Å². The van der Waals surface area contributed by atoms with Gasteiger partial charge in [-0.15, -0.1) is 0 Å². The lowest BCUT2D eigenvalue weighted by Gasteiger charge is -2.15. The Balaban J connectivity index is 3.30. The molecule has 0 saturated heterocycles. The van der Waals surface area contributed by atoms with E-state index >= 15 is 0 Å². The lowest BCUT2D eigenvalue weighted by atomic mass is 9.97. The second-order valence-electron chi connectivity index (χ2n) is 3.51. The number of phenols is 2. The Morgan fingerprint density at radius 1 is 1.31 bits per heavy atom. The van der Waals surface area contributed by atoms with Gasteiger partial charge in [-0.25, -0.2) is 4.79 Å². The van der Waals surface area contributed by atoms with Crippen LogP contribution < -0.4 is 0 Å². The standard InChI is InChI=1S/C11H14O5/c1-5-6(2)9(13)8(12)4-7(5)10(14)11(15)16-3/h4,10,12-14H,1-3H3. The molecule has 5 nitrogen and oxygen atoms in total. The summed E-state index contributed by atoms with van der Waals surface area (Å²) in [5.74, 6) is -1.44. The molecule has 0 aromatic heterocycles. The van der Waals surface area contributed by atoms with Gasteiger partial charge in [-0.3, -0.25) is 0 Å². The Morgan fingerprint density at radius 3 is 2.38 bits per heavy atom. The molecule has 0 aliphatic rings. The number of aromatic hydroxyl groups is 2. The molecule has 16 heavy (non-hydrogen) atoms. The summed E-state index contributed by atoms with van der Waals surface area (Å²) in [7, 11) is 1.16. The molecule has 0 amide bonds. The topological polar surface area (TPSA) is 87.0 Å². The summed E-state index contributed by atoms with van der Waals surface area (Å²) < 4.78 is 4.40. The molecular formula is C11H14O5. The third kappa shape index (κ3) is 1.94. The molecule has 0 bridgehead atoms. The van der Waals surface area contributed by atoms with Gasteiger partial charge in [0, 0.05) is 0 Å². The molecule has 0 saturated carbocycles. The minimum absolute atomic E-state index is 0.222. The van der Waals surface area contributed by atoms with Crippen molar-refractivity contribution >= 4 is 5.97 Å². The molecule has 1 unspecified atom stereocenters. The SMILES string of the molecule is COC(=O)C(O)c1cc(O)c(O)c(C)c1C. The number of rotatable bonds is 2. The zero-order valence-electron chi connectivity index (χ0n) is 9.31. The van der Waals surface area contributed by atoms with E-state index in [1.165, 1.54) is 0 Å². The van der Waals surface area contributed by atoms with Crippen LogP contribution in [0.1, 0.15) is 22.8 Å². The van der Waals surface area contributed by atoms with Crippen LogP contribution in [0.25, 0.3) is 0 Å². The second kappa shape index (κ2) is 4.40. The van der Waals surface area contributed by atoms with Crippen molar-refractivity contribution < 1.29 is 24.9 Å². The molecule has 0 heterocycles. The minimum atomic E-state index is -1.46. The lowest BCUT2D eigenvalue weighted by molar-refractivity contribution is -0.150. The van der Waals surface area contributed by atoms with Gasteiger partial charge in [-0.2, -0.15) is 0 Å². The maximum atomic E-state index is 11.2. The number of methoxy groups -OCH3 is 1. The van der Waals surface area contributed by atoms with Gasteiger partial charge in [0.25, 0.3) is 0 Å². The Bertz CT molecular complexity index is 425. The first kappa shape index (κ1) is 12.3. The Morgan fingerprint density at radius 2 is 1.88 bits per heavy atom. The number of aliphatic hydroxyl groups excluding tert-OH is 1. The number of carbonyl (C=O) groups is 1. The Hall–Kier alpha value is -1.75. The van der Waals surface area contributed by atoms with Crippen LogP contribution in [0.15, 0.2) is 6.07 Å². The predicted molar refractivity (Wildman–Crippen MR) is 56.2 cm³/mol. The Kier molecular flexibility index (Phi) is 3.39. The van der Waals surface area contributed by atoms with Crippen LogP contribution in [-0.2, 0) is 9.53 Å². The highest BCUT2D eigenvalue weighted by Gasteiger charge is 2.23. The summed E-state index contributed by atoms with van der Waals surface area (Å²) in [5.41, 5.74) is 1.17. The number of phenolic OH excluding ortho intramolecular Hbond substituents is 2. The number of benzene rings is 1. The molecular weight excluding hydrogens is 212 g/mol. The van der Waals surface area contributed by atoms with E-state index < -0.39 is 12.1 Å². The number of ether oxygens (including phenoxy) is 1. The normalized spacial score (nSPS) is 12.2. The molecule has 0 aliphatic carbocycles. The molecule has 0 fully saturated rings. The largest absolute Gasteiger partial charge is 0.504 e. The van der Waals surface area contributed by atoms with Gasteiger partial charge in [0.05, 0.1) is 7.11 Å². The van der Waals surface area contributed by atoms with Crippen LogP contribution in [-0.4, -0.2) is 28.4 Å². The fourth-order valence-corrected chi connectivity index (χ4v) is 1.43. The lowest BCUT2D eigenvalue weighted by Crippen LogP contribution is -2.15. The minimum Gasteiger partial charge on any atom is -0.504 e. The van der Waals surface area contributed by atoms with Crippen molar-refractivity contribution in [1.29, 1.82) is 0 Å². The summed E-state index contributed by atoms with van der Waals surface area (Å²) in [6, 6.07) is 1.15. The van der Waals surface area contributed by atoms with Crippen molar-refractivity contribution in [2.45, 2.75) is 20.0 Å². The summed E-state index contributed by atoms with van der Waals surface area (Å²) in [4.78, 5) is 11.2. The van der Waals surface area contributed by atoms with E-state index in [-0.39, 0.29) is 17.1 Å². The zero-order valence-corrected chi connectivity index (χ0v) is 9.31. The van der Waals surface area contributed by atoms with Gasteiger partial charge in [-0.05, 0) is 36.6 Å². The third-order valence-electron chi connectivity index (χ3n) is 2.60. The van der Waals surface area contributed by atoms with Crippen LogP contribution in [0.5, 0.6) is 11.5 Å².